The van der Waals surface area contributed by atoms with Crippen LogP contribution in [0.4, 0.5) is 22.0 Å². The third kappa shape index (κ3) is 5.57. The third-order valence-corrected chi connectivity index (χ3v) is 6.39. The average molecular weight is 511 g/mol. The number of urea groups is 1. The van der Waals surface area contributed by atoms with E-state index >= 15 is 0 Å². The monoisotopic (exact) mass is 510 g/mol. The van der Waals surface area contributed by atoms with E-state index in [9.17, 15) is 4.79 Å². The standard InChI is InChI=1S/C29H27ClN6O/c1-3-35(18-21-11-13-23(30)14-12-21)28-27-31-15-16-36(27)19-26(33-28)22-8-6-9-24(17-22)32-29(37)34-25-10-5-4-7-20(25)2/h4-17,19H,3,18H2,1-2H3,(H2,32,34,37). The fraction of sp³-hybridized carbons (Fsp3) is 0.138. The van der Waals surface area contributed by atoms with E-state index in [4.69, 9.17) is 16.6 Å². The van der Waals surface area contributed by atoms with Crippen molar-refractivity contribution in [1.82, 2.24) is 14.4 Å². The molecule has 0 bridgehead atoms. The zero-order chi connectivity index (χ0) is 25.8. The molecule has 5 aromatic rings. The Hall–Kier alpha value is -4.36. The van der Waals surface area contributed by atoms with Crippen LogP contribution in [0.5, 0.6) is 0 Å². The summed E-state index contributed by atoms with van der Waals surface area (Å²) in [5, 5.41) is 6.54. The Morgan fingerprint density at radius 1 is 1.03 bits per heavy atom. The number of nitrogens with one attached hydrogen (secondary N) is 2. The first-order valence-electron chi connectivity index (χ1n) is 12.1. The van der Waals surface area contributed by atoms with Gasteiger partial charge in [0.15, 0.2) is 11.5 Å². The number of rotatable bonds is 7. The molecule has 0 unspecified atom stereocenters. The molecule has 186 valence electrons. The first-order valence-corrected chi connectivity index (χ1v) is 12.4. The number of hydrogen-bond donors (Lipinski definition) is 2. The normalized spacial score (nSPS) is 10.9. The van der Waals surface area contributed by atoms with Crippen LogP contribution in [0.2, 0.25) is 5.02 Å². The van der Waals surface area contributed by atoms with Crippen LogP contribution in [0.25, 0.3) is 16.9 Å². The number of anilines is 3. The van der Waals surface area contributed by atoms with E-state index in [0.29, 0.717) is 17.3 Å². The van der Waals surface area contributed by atoms with Gasteiger partial charge in [-0.3, -0.25) is 0 Å². The Balaban J connectivity index is 1.43. The largest absolute Gasteiger partial charge is 0.349 e. The second-order valence-corrected chi connectivity index (χ2v) is 9.16. The number of amides is 2. The molecule has 37 heavy (non-hydrogen) atoms. The summed E-state index contributed by atoms with van der Waals surface area (Å²) < 4.78 is 1.98. The zero-order valence-corrected chi connectivity index (χ0v) is 21.4. The minimum Gasteiger partial charge on any atom is -0.349 e. The van der Waals surface area contributed by atoms with Crippen molar-refractivity contribution >= 4 is 40.5 Å². The summed E-state index contributed by atoms with van der Waals surface area (Å²) in [5.41, 5.74) is 6.02. The van der Waals surface area contributed by atoms with E-state index in [1.54, 1.807) is 6.20 Å². The third-order valence-electron chi connectivity index (χ3n) is 6.13. The van der Waals surface area contributed by atoms with Gasteiger partial charge in [-0.05, 0) is 55.3 Å². The molecule has 0 radical (unpaired) electrons. The maximum Gasteiger partial charge on any atom is 0.323 e. The van der Waals surface area contributed by atoms with Gasteiger partial charge >= 0.3 is 6.03 Å². The highest BCUT2D eigenvalue weighted by molar-refractivity contribution is 6.30. The van der Waals surface area contributed by atoms with E-state index in [0.717, 1.165) is 46.1 Å². The number of nitrogens with zero attached hydrogens (tertiary/aromatic N) is 4. The second kappa shape index (κ2) is 10.7. The quantitative estimate of drug-likeness (QED) is 0.246. The van der Waals surface area contributed by atoms with Crippen molar-refractivity contribution in [3.8, 4) is 11.3 Å². The van der Waals surface area contributed by atoms with Gasteiger partial charge in [-0.2, -0.15) is 0 Å². The first-order chi connectivity index (χ1) is 18.0. The number of imidazole rings is 1. The van der Waals surface area contributed by atoms with Gasteiger partial charge in [0.25, 0.3) is 0 Å². The van der Waals surface area contributed by atoms with Crippen molar-refractivity contribution in [2.24, 2.45) is 0 Å². The SMILES string of the molecule is CCN(Cc1ccc(Cl)cc1)c1nc(-c2cccc(NC(=O)Nc3ccccc3C)c2)cn2ccnc12. The number of fused-ring (bicyclic) bond motifs is 1. The van der Waals surface area contributed by atoms with Gasteiger partial charge in [0.1, 0.15) is 0 Å². The number of hydrogen-bond acceptors (Lipinski definition) is 4. The van der Waals surface area contributed by atoms with E-state index in [1.807, 2.05) is 96.5 Å². The number of halogens is 1. The smallest absolute Gasteiger partial charge is 0.323 e. The molecule has 2 N–H and O–H groups in total. The Labute approximate surface area is 220 Å². The van der Waals surface area contributed by atoms with Gasteiger partial charge in [-0.25, -0.2) is 14.8 Å². The molecule has 5 rings (SSSR count). The maximum absolute atomic E-state index is 12.6. The molecule has 3 aromatic carbocycles. The van der Waals surface area contributed by atoms with Crippen LogP contribution in [0.15, 0.2) is 91.4 Å². The molecule has 2 heterocycles. The number of para-hydroxylation sites is 1. The van der Waals surface area contributed by atoms with Gasteiger partial charge < -0.3 is 19.9 Å². The van der Waals surface area contributed by atoms with Crippen molar-refractivity contribution in [2.45, 2.75) is 20.4 Å². The van der Waals surface area contributed by atoms with Gasteiger partial charge in [-0.1, -0.05) is 54.1 Å². The molecule has 0 fully saturated rings. The van der Waals surface area contributed by atoms with Crippen molar-refractivity contribution in [3.05, 3.63) is 108 Å². The fourth-order valence-corrected chi connectivity index (χ4v) is 4.29. The molecule has 0 saturated heterocycles. The molecule has 0 spiro atoms. The van der Waals surface area contributed by atoms with Crippen LogP contribution >= 0.6 is 11.6 Å². The van der Waals surface area contributed by atoms with Crippen molar-refractivity contribution in [3.63, 3.8) is 0 Å². The number of aromatic nitrogens is 3. The molecule has 8 heteroatoms. The second-order valence-electron chi connectivity index (χ2n) is 8.72. The molecule has 2 amide bonds. The maximum atomic E-state index is 12.6. The predicted molar refractivity (Wildman–Crippen MR) is 150 cm³/mol. The van der Waals surface area contributed by atoms with E-state index in [2.05, 4.69) is 27.4 Å². The van der Waals surface area contributed by atoms with Crippen LogP contribution in [0.1, 0.15) is 18.1 Å². The van der Waals surface area contributed by atoms with Gasteiger partial charge in [-0.15, -0.1) is 0 Å². The number of carbonyl (C=O) groups excluding carboxylic acids is 1. The number of carbonyl (C=O) groups is 1. The lowest BCUT2D eigenvalue weighted by atomic mass is 10.1. The summed E-state index contributed by atoms with van der Waals surface area (Å²) in [6.45, 7) is 5.48. The van der Waals surface area contributed by atoms with Crippen LogP contribution in [0, 0.1) is 6.92 Å². The lowest BCUT2D eigenvalue weighted by Gasteiger charge is -2.23. The molecule has 7 nitrogen and oxygen atoms in total. The van der Waals surface area contributed by atoms with Gasteiger partial charge in [0, 0.05) is 53.6 Å². The highest BCUT2D eigenvalue weighted by Crippen LogP contribution is 2.27. The minimum absolute atomic E-state index is 0.301. The van der Waals surface area contributed by atoms with Gasteiger partial charge in [0.05, 0.1) is 5.69 Å². The first kappa shape index (κ1) is 24.3. The zero-order valence-electron chi connectivity index (χ0n) is 20.6. The average Bonchev–Trinajstić information content (AvgIpc) is 3.38. The Morgan fingerprint density at radius 3 is 2.62 bits per heavy atom. The lowest BCUT2D eigenvalue weighted by Crippen LogP contribution is -2.24. The predicted octanol–water partition coefficient (Wildman–Crippen LogP) is 7.03. The summed E-state index contributed by atoms with van der Waals surface area (Å²) in [7, 11) is 0. The Kier molecular flexibility index (Phi) is 7.05. The highest BCUT2D eigenvalue weighted by Gasteiger charge is 2.16. The number of benzene rings is 3. The number of aryl methyl sites for hydroxylation is 1. The lowest BCUT2D eigenvalue weighted by molar-refractivity contribution is 0.262. The van der Waals surface area contributed by atoms with Crippen LogP contribution in [-0.2, 0) is 6.54 Å². The summed E-state index contributed by atoms with van der Waals surface area (Å²) in [6.07, 6.45) is 5.64. The molecular weight excluding hydrogens is 484 g/mol. The van der Waals surface area contributed by atoms with Crippen LogP contribution in [-0.4, -0.2) is 26.9 Å². The Morgan fingerprint density at radius 2 is 1.84 bits per heavy atom. The molecule has 0 saturated carbocycles. The summed E-state index contributed by atoms with van der Waals surface area (Å²) in [5.74, 6) is 0.788. The fourth-order valence-electron chi connectivity index (χ4n) is 4.17. The van der Waals surface area contributed by atoms with E-state index in [1.165, 1.54) is 0 Å². The molecule has 2 aromatic heterocycles. The Bertz CT molecular complexity index is 1550. The molecule has 0 aliphatic heterocycles. The topological polar surface area (TPSA) is 74.6 Å². The van der Waals surface area contributed by atoms with Crippen molar-refractivity contribution < 1.29 is 4.79 Å². The minimum atomic E-state index is -0.301. The summed E-state index contributed by atoms with van der Waals surface area (Å²) in [6, 6.07) is 22.9. The molecule has 0 aliphatic carbocycles. The van der Waals surface area contributed by atoms with E-state index < -0.39 is 0 Å². The highest BCUT2D eigenvalue weighted by atomic mass is 35.5. The molecule has 0 atom stereocenters. The summed E-state index contributed by atoms with van der Waals surface area (Å²) in [4.78, 5) is 24.4. The summed E-state index contributed by atoms with van der Waals surface area (Å²) >= 11 is 6.07. The van der Waals surface area contributed by atoms with E-state index in [-0.39, 0.29) is 6.03 Å². The molecular formula is C29H27ClN6O. The van der Waals surface area contributed by atoms with Crippen LogP contribution < -0.4 is 15.5 Å². The van der Waals surface area contributed by atoms with Crippen molar-refractivity contribution in [2.75, 3.05) is 22.1 Å². The van der Waals surface area contributed by atoms with Crippen molar-refractivity contribution in [1.29, 1.82) is 0 Å². The van der Waals surface area contributed by atoms with Crippen LogP contribution in [0.3, 0.4) is 0 Å². The molecule has 0 aliphatic rings. The van der Waals surface area contributed by atoms with Gasteiger partial charge in [0.2, 0.25) is 0 Å².